The van der Waals surface area contributed by atoms with Gasteiger partial charge in [0.2, 0.25) is 5.91 Å². The van der Waals surface area contributed by atoms with E-state index in [1.165, 1.54) is 0 Å². The second-order valence-electron chi connectivity index (χ2n) is 4.30. The van der Waals surface area contributed by atoms with E-state index < -0.39 is 18.6 Å². The van der Waals surface area contributed by atoms with Gasteiger partial charge in [0, 0.05) is 10.4 Å². The first-order valence-corrected chi connectivity index (χ1v) is 6.26. The van der Waals surface area contributed by atoms with Crippen LogP contribution in [0.2, 0.25) is 0 Å². The quantitative estimate of drug-likeness (QED) is 0.909. The van der Waals surface area contributed by atoms with Gasteiger partial charge in [-0.2, -0.15) is 13.2 Å². The lowest BCUT2D eigenvalue weighted by Crippen LogP contribution is -2.34. The summed E-state index contributed by atoms with van der Waals surface area (Å²) in [5.41, 5.74) is 0.977. The Hall–Kier alpha value is -1.04. The van der Waals surface area contributed by atoms with Crippen molar-refractivity contribution >= 4 is 21.8 Å². The highest BCUT2D eigenvalue weighted by Gasteiger charge is 2.45. The zero-order valence-corrected chi connectivity index (χ0v) is 10.9. The first kappa shape index (κ1) is 13.4. The highest BCUT2D eigenvalue weighted by atomic mass is 79.9. The molecule has 0 spiro atoms. The van der Waals surface area contributed by atoms with Crippen LogP contribution in [0.3, 0.4) is 0 Å². The molecule has 1 aliphatic carbocycles. The zero-order chi connectivity index (χ0) is 13.3. The lowest BCUT2D eigenvalue weighted by atomic mass is 10.1. The van der Waals surface area contributed by atoms with Crippen molar-refractivity contribution < 1.29 is 18.0 Å². The van der Waals surface area contributed by atoms with Gasteiger partial charge in [-0.15, -0.1) is 0 Å². The molecule has 6 heteroatoms. The fraction of sp³-hybridized carbons (Fsp3) is 0.417. The standard InChI is InChI=1S/C12H11BrF3NO/c13-10-4-2-1-3-7(10)8-5-9(8)11(18)17-6-12(14,15)16/h1-4,8-9H,5-6H2,(H,17,18)/t8-,9-/m1/s1. The van der Waals surface area contributed by atoms with E-state index in [4.69, 9.17) is 0 Å². The first-order chi connectivity index (χ1) is 8.38. The van der Waals surface area contributed by atoms with Crippen LogP contribution in [0.5, 0.6) is 0 Å². The van der Waals surface area contributed by atoms with Gasteiger partial charge < -0.3 is 5.32 Å². The predicted molar refractivity (Wildman–Crippen MR) is 64.1 cm³/mol. The van der Waals surface area contributed by atoms with Crippen LogP contribution >= 0.6 is 15.9 Å². The van der Waals surface area contributed by atoms with Crippen molar-refractivity contribution in [3.8, 4) is 0 Å². The normalized spacial score (nSPS) is 22.7. The van der Waals surface area contributed by atoms with Gasteiger partial charge in [0.1, 0.15) is 6.54 Å². The third-order valence-corrected chi connectivity index (χ3v) is 3.62. The van der Waals surface area contributed by atoms with Gasteiger partial charge >= 0.3 is 6.18 Å². The summed E-state index contributed by atoms with van der Waals surface area (Å²) in [6.45, 7) is -1.26. The molecule has 1 aromatic carbocycles. The second kappa shape index (κ2) is 4.91. The molecule has 0 aliphatic heterocycles. The molecule has 0 radical (unpaired) electrons. The van der Waals surface area contributed by atoms with E-state index >= 15 is 0 Å². The van der Waals surface area contributed by atoms with Crippen molar-refractivity contribution in [1.82, 2.24) is 5.32 Å². The molecule has 18 heavy (non-hydrogen) atoms. The molecule has 1 N–H and O–H groups in total. The molecule has 2 atom stereocenters. The first-order valence-electron chi connectivity index (χ1n) is 5.47. The molecule has 1 aliphatic rings. The summed E-state index contributed by atoms with van der Waals surface area (Å²) in [6, 6.07) is 7.45. The Kier molecular flexibility index (Phi) is 3.66. The SMILES string of the molecule is O=C(NCC(F)(F)F)[C@@H]1C[C@@H]1c1ccccc1Br. The molecular weight excluding hydrogens is 311 g/mol. The molecule has 0 saturated heterocycles. The largest absolute Gasteiger partial charge is 0.405 e. The number of carbonyl (C=O) groups is 1. The van der Waals surface area contributed by atoms with Crippen molar-refractivity contribution in [3.63, 3.8) is 0 Å². The van der Waals surface area contributed by atoms with E-state index in [2.05, 4.69) is 15.9 Å². The molecule has 0 heterocycles. The van der Waals surface area contributed by atoms with Crippen molar-refractivity contribution in [2.24, 2.45) is 5.92 Å². The monoisotopic (exact) mass is 321 g/mol. The molecule has 1 fully saturated rings. The Morgan fingerprint density at radius 3 is 2.67 bits per heavy atom. The van der Waals surface area contributed by atoms with Gasteiger partial charge in [-0.05, 0) is 24.0 Å². The maximum atomic E-state index is 12.0. The predicted octanol–water partition coefficient (Wildman–Crippen LogP) is 3.23. The number of rotatable bonds is 3. The zero-order valence-electron chi connectivity index (χ0n) is 9.30. The van der Waals surface area contributed by atoms with Crippen LogP contribution < -0.4 is 5.32 Å². The van der Waals surface area contributed by atoms with Crippen LogP contribution in [0.15, 0.2) is 28.7 Å². The van der Waals surface area contributed by atoms with E-state index in [1.807, 2.05) is 29.6 Å². The number of hydrogen-bond donors (Lipinski definition) is 1. The van der Waals surface area contributed by atoms with E-state index in [-0.39, 0.29) is 11.8 Å². The fourth-order valence-electron chi connectivity index (χ4n) is 1.92. The van der Waals surface area contributed by atoms with E-state index in [1.54, 1.807) is 0 Å². The van der Waals surface area contributed by atoms with Crippen molar-refractivity contribution in [2.45, 2.75) is 18.5 Å². The van der Waals surface area contributed by atoms with Gasteiger partial charge in [-0.25, -0.2) is 0 Å². The summed E-state index contributed by atoms with van der Waals surface area (Å²) in [5.74, 6) is -0.840. The van der Waals surface area contributed by atoms with Crippen LogP contribution in [0.4, 0.5) is 13.2 Å². The minimum absolute atomic E-state index is 0.0220. The minimum Gasteiger partial charge on any atom is -0.347 e. The van der Waals surface area contributed by atoms with Gasteiger partial charge in [0.15, 0.2) is 0 Å². The second-order valence-corrected chi connectivity index (χ2v) is 5.16. The molecule has 98 valence electrons. The molecule has 2 nitrogen and oxygen atoms in total. The van der Waals surface area contributed by atoms with Crippen LogP contribution in [0.25, 0.3) is 0 Å². The van der Waals surface area contributed by atoms with Crippen LogP contribution in [0.1, 0.15) is 17.9 Å². The molecule has 1 aromatic rings. The molecule has 2 rings (SSSR count). The Balaban J connectivity index is 1.92. The minimum atomic E-state index is -4.35. The van der Waals surface area contributed by atoms with Crippen LogP contribution in [0, 0.1) is 5.92 Å². The molecule has 0 bridgehead atoms. The van der Waals surface area contributed by atoms with E-state index in [0.29, 0.717) is 6.42 Å². The Morgan fingerprint density at radius 2 is 2.06 bits per heavy atom. The highest BCUT2D eigenvalue weighted by Crippen LogP contribution is 2.49. The number of hydrogen-bond acceptors (Lipinski definition) is 1. The smallest absolute Gasteiger partial charge is 0.347 e. The van der Waals surface area contributed by atoms with Crippen molar-refractivity contribution in [1.29, 1.82) is 0 Å². The molecule has 0 unspecified atom stereocenters. The topological polar surface area (TPSA) is 29.1 Å². The summed E-state index contributed by atoms with van der Waals surface area (Å²) >= 11 is 3.37. The van der Waals surface area contributed by atoms with Crippen LogP contribution in [-0.2, 0) is 4.79 Å². The fourth-order valence-corrected chi connectivity index (χ4v) is 2.50. The number of alkyl halides is 3. The summed E-state index contributed by atoms with van der Waals surface area (Å²) in [5, 5.41) is 1.92. The number of nitrogens with one attached hydrogen (secondary N) is 1. The maximum Gasteiger partial charge on any atom is 0.405 e. The summed E-state index contributed by atoms with van der Waals surface area (Å²) in [7, 11) is 0. The maximum absolute atomic E-state index is 12.0. The molecule has 1 amide bonds. The lowest BCUT2D eigenvalue weighted by Gasteiger charge is -2.08. The van der Waals surface area contributed by atoms with Gasteiger partial charge in [-0.1, -0.05) is 34.1 Å². The van der Waals surface area contributed by atoms with Gasteiger partial charge in [-0.3, -0.25) is 4.79 Å². The average molecular weight is 322 g/mol. The summed E-state index contributed by atoms with van der Waals surface area (Å²) < 4.78 is 36.8. The number of halogens is 4. The Labute approximate surface area is 111 Å². The van der Waals surface area contributed by atoms with E-state index in [0.717, 1.165) is 10.0 Å². The molecular formula is C12H11BrF3NO. The Morgan fingerprint density at radius 1 is 1.39 bits per heavy atom. The van der Waals surface area contributed by atoms with E-state index in [9.17, 15) is 18.0 Å². The summed E-state index contributed by atoms with van der Waals surface area (Å²) in [6.07, 6.45) is -3.75. The third-order valence-electron chi connectivity index (χ3n) is 2.89. The summed E-state index contributed by atoms with van der Waals surface area (Å²) in [4.78, 5) is 11.5. The third kappa shape index (κ3) is 3.25. The van der Waals surface area contributed by atoms with Gasteiger partial charge in [0.25, 0.3) is 0 Å². The number of benzene rings is 1. The Bertz CT molecular complexity index is 461. The van der Waals surface area contributed by atoms with Gasteiger partial charge in [0.05, 0.1) is 0 Å². The average Bonchev–Trinajstić information content (AvgIpc) is 3.05. The van der Waals surface area contributed by atoms with Crippen molar-refractivity contribution in [3.05, 3.63) is 34.3 Å². The highest BCUT2D eigenvalue weighted by molar-refractivity contribution is 9.10. The van der Waals surface area contributed by atoms with Crippen LogP contribution in [-0.4, -0.2) is 18.6 Å². The molecule has 1 saturated carbocycles. The van der Waals surface area contributed by atoms with Crippen molar-refractivity contribution in [2.75, 3.05) is 6.54 Å². The molecule has 0 aromatic heterocycles. The number of amides is 1. The lowest BCUT2D eigenvalue weighted by molar-refractivity contribution is -0.139. The number of carbonyl (C=O) groups excluding carboxylic acids is 1.